The minimum Gasteiger partial charge on any atom is -0.418 e. The van der Waals surface area contributed by atoms with Gasteiger partial charge in [-0.15, -0.1) is 11.6 Å². The van der Waals surface area contributed by atoms with E-state index in [-0.39, 0.29) is 11.9 Å². The minimum atomic E-state index is -1.76. The quantitative estimate of drug-likeness (QED) is 0.563. The summed E-state index contributed by atoms with van der Waals surface area (Å²) in [6.45, 7) is 0. The fourth-order valence-corrected chi connectivity index (χ4v) is 0.493. The van der Waals surface area contributed by atoms with Crippen molar-refractivity contribution in [3.63, 3.8) is 0 Å². The molecule has 0 aromatic carbocycles. The molecule has 0 saturated heterocycles. The van der Waals surface area contributed by atoms with E-state index in [2.05, 4.69) is 9.47 Å². The Labute approximate surface area is 83.4 Å². The van der Waals surface area contributed by atoms with Crippen LogP contribution in [0.15, 0.2) is 0 Å². The molecule has 0 aliphatic carbocycles. The second-order valence-electron chi connectivity index (χ2n) is 1.38. The van der Waals surface area contributed by atoms with E-state index < -0.39 is 10.7 Å². The summed E-state index contributed by atoms with van der Waals surface area (Å²) in [5.41, 5.74) is 0. The minimum absolute atomic E-state index is 0.256. The lowest BCUT2D eigenvalue weighted by molar-refractivity contribution is 0.0511. The molecule has 0 radical (unpaired) electrons. The van der Waals surface area contributed by atoms with Crippen LogP contribution in [0.3, 0.4) is 0 Å². The van der Waals surface area contributed by atoms with Crippen molar-refractivity contribution in [2.24, 2.45) is 0 Å². The zero-order valence-electron chi connectivity index (χ0n) is 5.15. The number of ether oxygens (including phenoxy) is 2. The van der Waals surface area contributed by atoms with Gasteiger partial charge in [0.05, 0.1) is 5.88 Å². The zero-order chi connectivity index (χ0) is 8.91. The van der Waals surface area contributed by atoms with E-state index in [4.69, 9.17) is 46.4 Å². The maximum absolute atomic E-state index is 10.5. The number of carbonyl (C=O) groups is 1. The van der Waals surface area contributed by atoms with E-state index in [1.54, 1.807) is 0 Å². The monoisotopic (exact) mass is 240 g/mol. The fraction of sp³-hybridized carbons (Fsp3) is 0.750. The molecule has 7 heteroatoms. The number of hydrogen-bond donors (Lipinski definition) is 0. The Kier molecular flexibility index (Phi) is 5.34. The molecule has 0 rings (SSSR count). The van der Waals surface area contributed by atoms with E-state index in [0.717, 1.165) is 0 Å². The summed E-state index contributed by atoms with van der Waals surface area (Å²) in [7, 11) is 0. The van der Waals surface area contributed by atoms with Crippen LogP contribution in [0, 0.1) is 0 Å². The Morgan fingerprint density at radius 2 is 1.91 bits per heavy atom. The molecule has 0 aliphatic heterocycles. The van der Waals surface area contributed by atoms with E-state index >= 15 is 0 Å². The van der Waals surface area contributed by atoms with Gasteiger partial charge in [-0.05, 0) is 0 Å². The second kappa shape index (κ2) is 5.14. The number of hydrogen-bond acceptors (Lipinski definition) is 3. The molecule has 0 unspecified atom stereocenters. The largest absolute Gasteiger partial charge is 0.512 e. The van der Waals surface area contributed by atoms with Crippen molar-refractivity contribution in [3.8, 4) is 0 Å². The van der Waals surface area contributed by atoms with Gasteiger partial charge in [-0.3, -0.25) is 0 Å². The van der Waals surface area contributed by atoms with Gasteiger partial charge in [-0.1, -0.05) is 34.8 Å². The van der Waals surface area contributed by atoms with Crippen LogP contribution in [0.5, 0.6) is 0 Å². The standard InChI is InChI=1S/C4H4Cl4O3/c5-1-4(7,8)11-3(9)10-2-6/h1-2H2. The average molecular weight is 242 g/mol. The molecule has 0 aromatic heterocycles. The van der Waals surface area contributed by atoms with Crippen LogP contribution in [0.1, 0.15) is 0 Å². The first-order valence-electron chi connectivity index (χ1n) is 2.37. The predicted octanol–water partition coefficient (Wildman–Crippen LogP) is 2.71. The molecule has 66 valence electrons. The Morgan fingerprint density at radius 3 is 2.27 bits per heavy atom. The van der Waals surface area contributed by atoms with Crippen LogP contribution in [-0.4, -0.2) is 22.6 Å². The smallest absolute Gasteiger partial charge is 0.418 e. The van der Waals surface area contributed by atoms with Crippen molar-refractivity contribution in [3.05, 3.63) is 0 Å². The fourth-order valence-electron chi connectivity index (χ4n) is 0.223. The Bertz CT molecular complexity index is 137. The van der Waals surface area contributed by atoms with E-state index in [0.29, 0.717) is 0 Å². The molecule has 0 saturated carbocycles. The summed E-state index contributed by atoms with van der Waals surface area (Å²) in [5.74, 6) is -0.256. The van der Waals surface area contributed by atoms with Crippen LogP contribution in [0.25, 0.3) is 0 Å². The molecule has 0 N–H and O–H groups in total. The Morgan fingerprint density at radius 1 is 1.36 bits per heavy atom. The number of rotatable bonds is 3. The van der Waals surface area contributed by atoms with Crippen LogP contribution in [-0.2, 0) is 9.47 Å². The molecular weight excluding hydrogens is 238 g/mol. The highest BCUT2D eigenvalue weighted by Crippen LogP contribution is 2.24. The highest BCUT2D eigenvalue weighted by Gasteiger charge is 2.28. The summed E-state index contributed by atoms with van der Waals surface area (Å²) >= 11 is 20.9. The van der Waals surface area contributed by atoms with Gasteiger partial charge in [0.25, 0.3) is 4.52 Å². The molecule has 0 bridgehead atoms. The first-order valence-corrected chi connectivity index (χ1v) is 4.20. The summed E-state index contributed by atoms with van der Waals surface area (Å²) < 4.78 is 6.68. The van der Waals surface area contributed by atoms with Crippen molar-refractivity contribution in [2.75, 3.05) is 11.9 Å². The first kappa shape index (κ1) is 11.4. The molecule has 0 spiro atoms. The summed E-state index contributed by atoms with van der Waals surface area (Å²) in [5, 5.41) is 0. The predicted molar refractivity (Wildman–Crippen MR) is 43.4 cm³/mol. The highest BCUT2D eigenvalue weighted by molar-refractivity contribution is 6.50. The van der Waals surface area contributed by atoms with Crippen molar-refractivity contribution in [2.45, 2.75) is 4.52 Å². The van der Waals surface area contributed by atoms with Crippen LogP contribution in [0.2, 0.25) is 0 Å². The van der Waals surface area contributed by atoms with Gasteiger partial charge >= 0.3 is 6.16 Å². The Hall–Kier alpha value is 0.430. The summed E-state index contributed by atoms with van der Waals surface area (Å²) in [6.07, 6.45) is -1.06. The molecule has 0 amide bonds. The molecule has 0 heterocycles. The highest BCUT2D eigenvalue weighted by atomic mass is 35.5. The van der Waals surface area contributed by atoms with Crippen molar-refractivity contribution < 1.29 is 14.3 Å². The SMILES string of the molecule is O=C(OCCl)OC(Cl)(Cl)CCl. The number of alkyl halides is 4. The zero-order valence-corrected chi connectivity index (χ0v) is 8.17. The van der Waals surface area contributed by atoms with Gasteiger partial charge in [0.1, 0.15) is 0 Å². The molecule has 0 aromatic rings. The number of carbonyl (C=O) groups excluding carboxylic acids is 1. The molecule has 11 heavy (non-hydrogen) atoms. The second-order valence-corrected chi connectivity index (χ2v) is 3.28. The van der Waals surface area contributed by atoms with Crippen LogP contribution in [0.4, 0.5) is 4.79 Å². The third kappa shape index (κ3) is 5.67. The molecule has 0 atom stereocenters. The third-order valence-electron chi connectivity index (χ3n) is 0.561. The van der Waals surface area contributed by atoms with Gasteiger partial charge in [0.2, 0.25) is 0 Å². The molecule has 0 aliphatic rings. The van der Waals surface area contributed by atoms with Crippen molar-refractivity contribution >= 4 is 52.6 Å². The van der Waals surface area contributed by atoms with Crippen LogP contribution < -0.4 is 0 Å². The Balaban J connectivity index is 3.74. The lowest BCUT2D eigenvalue weighted by Crippen LogP contribution is -2.24. The van der Waals surface area contributed by atoms with E-state index in [1.807, 2.05) is 0 Å². The van der Waals surface area contributed by atoms with Gasteiger partial charge in [0, 0.05) is 0 Å². The average Bonchev–Trinajstić information content (AvgIpc) is 1.87. The summed E-state index contributed by atoms with van der Waals surface area (Å²) in [4.78, 5) is 10.5. The van der Waals surface area contributed by atoms with E-state index in [1.165, 1.54) is 0 Å². The van der Waals surface area contributed by atoms with E-state index in [9.17, 15) is 4.79 Å². The summed E-state index contributed by atoms with van der Waals surface area (Å²) in [6, 6.07) is -0.328. The lowest BCUT2D eigenvalue weighted by atomic mass is 10.8. The molecular formula is C4H4Cl4O3. The lowest BCUT2D eigenvalue weighted by Gasteiger charge is -2.15. The van der Waals surface area contributed by atoms with Gasteiger partial charge in [0.15, 0.2) is 6.07 Å². The third-order valence-corrected chi connectivity index (χ3v) is 1.74. The van der Waals surface area contributed by atoms with Gasteiger partial charge in [-0.25, -0.2) is 4.79 Å². The van der Waals surface area contributed by atoms with Crippen molar-refractivity contribution in [1.29, 1.82) is 0 Å². The molecule has 0 fully saturated rings. The topological polar surface area (TPSA) is 35.5 Å². The maximum Gasteiger partial charge on any atom is 0.512 e. The normalized spacial score (nSPS) is 10.9. The van der Waals surface area contributed by atoms with Gasteiger partial charge in [-0.2, -0.15) is 0 Å². The van der Waals surface area contributed by atoms with Gasteiger partial charge < -0.3 is 9.47 Å². The maximum atomic E-state index is 10.5. The first-order chi connectivity index (χ1) is 5.02. The number of halogens is 4. The van der Waals surface area contributed by atoms with Crippen molar-refractivity contribution in [1.82, 2.24) is 0 Å². The molecule has 3 nitrogen and oxygen atoms in total. The van der Waals surface area contributed by atoms with Crippen LogP contribution >= 0.6 is 46.4 Å².